The molecule has 0 bridgehead atoms. The summed E-state index contributed by atoms with van der Waals surface area (Å²) in [5, 5.41) is 18.2. The average molecular weight is 409 g/mol. The van der Waals surface area contributed by atoms with E-state index in [-0.39, 0.29) is 0 Å². The van der Waals surface area contributed by atoms with E-state index >= 15 is 0 Å². The molecule has 0 aliphatic heterocycles. The predicted molar refractivity (Wildman–Crippen MR) is 132 cm³/mol. The third-order valence-corrected chi connectivity index (χ3v) is 5.18. The molecule has 0 atom stereocenters. The van der Waals surface area contributed by atoms with Crippen molar-refractivity contribution in [2.75, 3.05) is 0 Å². The molecule has 0 N–H and O–H groups in total. The van der Waals surface area contributed by atoms with Crippen molar-refractivity contribution in [3.8, 4) is 23.3 Å². The Morgan fingerprint density at radius 3 is 1.72 bits per heavy atom. The Kier molecular flexibility index (Phi) is 6.37. The molecule has 4 aromatic carbocycles. The molecule has 150 valence electrons. The summed E-state index contributed by atoms with van der Waals surface area (Å²) in [6.45, 7) is 0. The van der Waals surface area contributed by atoms with Crippen LogP contribution in [0.15, 0.2) is 97.1 Å². The van der Waals surface area contributed by atoms with Crippen LogP contribution in [0.2, 0.25) is 0 Å². The first-order valence-corrected chi connectivity index (χ1v) is 10.3. The minimum atomic E-state index is 0.662. The molecule has 0 saturated heterocycles. The summed E-state index contributed by atoms with van der Waals surface area (Å²) >= 11 is 0. The van der Waals surface area contributed by atoms with E-state index in [4.69, 9.17) is 5.26 Å². The van der Waals surface area contributed by atoms with Gasteiger partial charge in [-0.2, -0.15) is 10.5 Å². The Labute approximate surface area is 188 Å². The van der Waals surface area contributed by atoms with Crippen LogP contribution < -0.4 is 0 Å². The summed E-state index contributed by atoms with van der Waals surface area (Å²) < 4.78 is 0. The molecule has 4 aromatic rings. The Balaban J connectivity index is 1.45. The maximum absolute atomic E-state index is 9.21. The van der Waals surface area contributed by atoms with Crippen LogP contribution in [0.25, 0.3) is 35.4 Å². The quantitative estimate of drug-likeness (QED) is 0.322. The molecule has 0 spiro atoms. The van der Waals surface area contributed by atoms with E-state index in [0.29, 0.717) is 11.1 Å². The normalized spacial score (nSPS) is 10.8. The molecule has 0 saturated carbocycles. The number of nitrogens with zero attached hydrogens (tertiary/aromatic N) is 2. The van der Waals surface area contributed by atoms with Crippen molar-refractivity contribution in [2.45, 2.75) is 0 Å². The van der Waals surface area contributed by atoms with Crippen LogP contribution in [0.4, 0.5) is 0 Å². The molecule has 0 unspecified atom stereocenters. The number of nitriles is 2. The minimum Gasteiger partial charge on any atom is -0.192 e. The van der Waals surface area contributed by atoms with Gasteiger partial charge in [-0.1, -0.05) is 103 Å². The van der Waals surface area contributed by atoms with Gasteiger partial charge in [-0.25, -0.2) is 0 Å². The van der Waals surface area contributed by atoms with Gasteiger partial charge in [0.05, 0.1) is 23.3 Å². The molecular weight excluding hydrogens is 388 g/mol. The van der Waals surface area contributed by atoms with Gasteiger partial charge >= 0.3 is 0 Å². The highest BCUT2D eigenvalue weighted by Gasteiger charge is 1.99. The van der Waals surface area contributed by atoms with E-state index in [1.54, 1.807) is 6.07 Å². The highest BCUT2D eigenvalue weighted by molar-refractivity contribution is 5.75. The molecule has 0 fully saturated rings. The molecule has 32 heavy (non-hydrogen) atoms. The Bertz CT molecular complexity index is 1360. The first-order chi connectivity index (χ1) is 15.7. The van der Waals surface area contributed by atoms with Crippen LogP contribution in [-0.2, 0) is 0 Å². The molecule has 2 heteroatoms. The van der Waals surface area contributed by atoms with Crippen LogP contribution in [0.5, 0.6) is 0 Å². The molecule has 0 radical (unpaired) electrons. The zero-order chi connectivity index (χ0) is 22.2. The van der Waals surface area contributed by atoms with E-state index < -0.39 is 0 Å². The fraction of sp³-hybridized carbons (Fsp3) is 0. The van der Waals surface area contributed by atoms with Crippen LogP contribution in [0, 0.1) is 22.7 Å². The summed E-state index contributed by atoms with van der Waals surface area (Å²) in [4.78, 5) is 0. The van der Waals surface area contributed by atoms with E-state index in [9.17, 15) is 5.26 Å². The molecule has 2 nitrogen and oxygen atoms in total. The summed E-state index contributed by atoms with van der Waals surface area (Å²) in [6.07, 6.45) is 8.06. The summed E-state index contributed by atoms with van der Waals surface area (Å²) in [5.74, 6) is 0. The summed E-state index contributed by atoms with van der Waals surface area (Å²) in [6, 6.07) is 36.3. The standard InChI is InChI=1S/C30H20N2/c31-21-26-5-3-4-25(20-26)9-8-23-11-16-28(17-12-23)29-18-13-24(14-19-29)10-15-27-6-1-2-7-30(27)22-32/h1-20H. The monoisotopic (exact) mass is 408 g/mol. The van der Waals surface area contributed by atoms with Crippen LogP contribution in [0.3, 0.4) is 0 Å². The first-order valence-electron chi connectivity index (χ1n) is 10.3. The minimum absolute atomic E-state index is 0.662. The first kappa shape index (κ1) is 20.6. The van der Waals surface area contributed by atoms with Crippen molar-refractivity contribution >= 4 is 24.3 Å². The number of rotatable bonds is 5. The second-order valence-corrected chi connectivity index (χ2v) is 7.35. The predicted octanol–water partition coefficient (Wildman–Crippen LogP) is 7.44. The lowest BCUT2D eigenvalue weighted by molar-refractivity contribution is 1.47. The molecular formula is C30H20N2. The van der Waals surface area contributed by atoms with Crippen LogP contribution in [0.1, 0.15) is 33.4 Å². The van der Waals surface area contributed by atoms with E-state index in [2.05, 4.69) is 60.7 Å². The molecule has 0 aromatic heterocycles. The van der Waals surface area contributed by atoms with Crippen molar-refractivity contribution in [2.24, 2.45) is 0 Å². The van der Waals surface area contributed by atoms with E-state index in [0.717, 1.165) is 33.4 Å². The fourth-order valence-corrected chi connectivity index (χ4v) is 3.41. The topological polar surface area (TPSA) is 47.6 Å². The van der Waals surface area contributed by atoms with Gasteiger partial charge in [-0.15, -0.1) is 0 Å². The summed E-state index contributed by atoms with van der Waals surface area (Å²) in [5.41, 5.74) is 7.75. The average Bonchev–Trinajstić information content (AvgIpc) is 2.87. The van der Waals surface area contributed by atoms with Gasteiger partial charge < -0.3 is 0 Å². The maximum Gasteiger partial charge on any atom is 0.0997 e. The summed E-state index contributed by atoms with van der Waals surface area (Å²) in [7, 11) is 0. The Morgan fingerprint density at radius 1 is 0.500 bits per heavy atom. The van der Waals surface area contributed by atoms with Gasteiger partial charge in [0.1, 0.15) is 0 Å². The van der Waals surface area contributed by atoms with Gasteiger partial charge in [0, 0.05) is 0 Å². The second kappa shape index (κ2) is 9.90. The molecule has 0 heterocycles. The SMILES string of the molecule is N#Cc1cccc(C=Cc2ccc(-c3ccc(C=Cc4ccccc4C#N)cc3)cc2)c1. The van der Waals surface area contributed by atoms with Gasteiger partial charge in [-0.05, 0) is 51.6 Å². The Hall–Kier alpha value is -4.66. The second-order valence-electron chi connectivity index (χ2n) is 7.35. The van der Waals surface area contributed by atoms with Crippen molar-refractivity contribution in [1.29, 1.82) is 10.5 Å². The van der Waals surface area contributed by atoms with E-state index in [1.807, 2.05) is 66.8 Å². The van der Waals surface area contributed by atoms with Gasteiger partial charge in [-0.3, -0.25) is 0 Å². The molecule has 0 amide bonds. The molecule has 4 rings (SSSR count). The lowest BCUT2D eigenvalue weighted by atomic mass is 10.0. The zero-order valence-electron chi connectivity index (χ0n) is 17.4. The zero-order valence-corrected chi connectivity index (χ0v) is 17.4. The smallest absolute Gasteiger partial charge is 0.0997 e. The lowest BCUT2D eigenvalue weighted by Gasteiger charge is -2.04. The highest BCUT2D eigenvalue weighted by Crippen LogP contribution is 2.22. The number of hydrogen-bond acceptors (Lipinski definition) is 2. The number of benzene rings is 4. The van der Waals surface area contributed by atoms with Crippen molar-refractivity contribution in [3.63, 3.8) is 0 Å². The van der Waals surface area contributed by atoms with Crippen molar-refractivity contribution in [3.05, 3.63) is 130 Å². The number of hydrogen-bond donors (Lipinski definition) is 0. The third kappa shape index (κ3) is 5.08. The largest absolute Gasteiger partial charge is 0.192 e. The fourth-order valence-electron chi connectivity index (χ4n) is 3.41. The third-order valence-electron chi connectivity index (χ3n) is 5.18. The molecule has 0 aliphatic carbocycles. The van der Waals surface area contributed by atoms with E-state index in [1.165, 1.54) is 0 Å². The maximum atomic E-state index is 9.21. The Morgan fingerprint density at radius 2 is 1.09 bits per heavy atom. The van der Waals surface area contributed by atoms with Crippen molar-refractivity contribution in [1.82, 2.24) is 0 Å². The van der Waals surface area contributed by atoms with Gasteiger partial charge in [0.15, 0.2) is 0 Å². The van der Waals surface area contributed by atoms with Gasteiger partial charge in [0.25, 0.3) is 0 Å². The van der Waals surface area contributed by atoms with Crippen molar-refractivity contribution < 1.29 is 0 Å². The highest BCUT2D eigenvalue weighted by atomic mass is 14.2. The van der Waals surface area contributed by atoms with Crippen LogP contribution >= 0.6 is 0 Å². The lowest BCUT2D eigenvalue weighted by Crippen LogP contribution is -1.81. The van der Waals surface area contributed by atoms with Crippen LogP contribution in [-0.4, -0.2) is 0 Å². The molecule has 0 aliphatic rings. The van der Waals surface area contributed by atoms with Gasteiger partial charge in [0.2, 0.25) is 0 Å².